The Morgan fingerprint density at radius 1 is 0.962 bits per heavy atom. The first kappa shape index (κ1) is 34.2. The number of likely N-dealkylation sites (tertiary alicyclic amines) is 2. The van der Waals surface area contributed by atoms with Gasteiger partial charge in [0.1, 0.15) is 11.5 Å². The molecular formula is C40H44FN7O4. The Bertz CT molecular complexity index is 2060. The van der Waals surface area contributed by atoms with Crippen LogP contribution in [0.15, 0.2) is 48.7 Å². The van der Waals surface area contributed by atoms with Gasteiger partial charge in [0.2, 0.25) is 23.6 Å². The van der Waals surface area contributed by atoms with Crippen LogP contribution in [0.25, 0.3) is 33.6 Å². The number of pyridine rings is 1. The number of aryl methyl sites for hydroxylation is 1. The minimum Gasteiger partial charge on any atom is -0.481 e. The van der Waals surface area contributed by atoms with Gasteiger partial charge in [0.15, 0.2) is 0 Å². The molecule has 4 aliphatic rings. The third kappa shape index (κ3) is 6.17. The molecule has 8 rings (SSSR count). The highest BCUT2D eigenvalue weighted by molar-refractivity contribution is 5.81. The van der Waals surface area contributed by atoms with Gasteiger partial charge in [-0.1, -0.05) is 30.3 Å². The van der Waals surface area contributed by atoms with Gasteiger partial charge >= 0.3 is 0 Å². The Hall–Kier alpha value is -4.94. The van der Waals surface area contributed by atoms with Crippen LogP contribution < -0.4 is 20.1 Å². The fourth-order valence-corrected chi connectivity index (χ4v) is 8.57. The Morgan fingerprint density at radius 3 is 2.38 bits per heavy atom. The predicted molar refractivity (Wildman–Crippen MR) is 194 cm³/mol. The van der Waals surface area contributed by atoms with Crippen molar-refractivity contribution < 1.29 is 23.5 Å². The van der Waals surface area contributed by atoms with Crippen LogP contribution >= 0.6 is 0 Å². The highest BCUT2D eigenvalue weighted by Crippen LogP contribution is 2.43. The van der Waals surface area contributed by atoms with Crippen LogP contribution in [0, 0.1) is 18.2 Å². The topological polar surface area (TPSA) is 122 Å². The van der Waals surface area contributed by atoms with Gasteiger partial charge in [-0.15, -0.1) is 0 Å². The second kappa shape index (κ2) is 13.6. The molecule has 3 fully saturated rings. The molecule has 2 aromatic heterocycles. The van der Waals surface area contributed by atoms with Crippen molar-refractivity contribution in [1.82, 2.24) is 35.4 Å². The number of amides is 2. The van der Waals surface area contributed by atoms with E-state index in [1.165, 1.54) is 5.56 Å². The molecule has 0 saturated carbocycles. The maximum atomic E-state index is 16.5. The van der Waals surface area contributed by atoms with E-state index < -0.39 is 0 Å². The number of methoxy groups -OCH3 is 2. The zero-order valence-electron chi connectivity index (χ0n) is 30.1. The molecule has 0 radical (unpaired) electrons. The first-order valence-corrected chi connectivity index (χ1v) is 18.0. The molecule has 2 atom stereocenters. The van der Waals surface area contributed by atoms with E-state index in [0.717, 1.165) is 73.4 Å². The van der Waals surface area contributed by atoms with Gasteiger partial charge in [0, 0.05) is 92.4 Å². The molecule has 2 amide bonds. The van der Waals surface area contributed by atoms with Gasteiger partial charge in [-0.25, -0.2) is 14.4 Å². The largest absolute Gasteiger partial charge is 0.481 e. The van der Waals surface area contributed by atoms with Gasteiger partial charge in [0.25, 0.3) is 0 Å². The third-order valence-electron chi connectivity index (χ3n) is 11.2. The summed E-state index contributed by atoms with van der Waals surface area (Å²) >= 11 is 0. The maximum absolute atomic E-state index is 16.5. The molecule has 0 bridgehead atoms. The lowest BCUT2D eigenvalue weighted by molar-refractivity contribution is -0.157. The number of hydrogen-bond donors (Lipinski definition) is 2. The summed E-state index contributed by atoms with van der Waals surface area (Å²) in [5.74, 6) is 0.811. The van der Waals surface area contributed by atoms with Crippen molar-refractivity contribution in [2.75, 3.05) is 46.9 Å². The van der Waals surface area contributed by atoms with Crippen molar-refractivity contribution in [3.05, 3.63) is 76.9 Å². The number of rotatable bonds is 10. The predicted octanol–water partition coefficient (Wildman–Crippen LogP) is 4.86. The molecule has 11 nitrogen and oxygen atoms in total. The molecule has 3 aliphatic heterocycles. The number of aromatic nitrogens is 3. The van der Waals surface area contributed by atoms with Crippen molar-refractivity contribution in [2.45, 2.75) is 58.2 Å². The minimum absolute atomic E-state index is 0.0966. The van der Waals surface area contributed by atoms with E-state index in [-0.39, 0.29) is 35.1 Å². The van der Waals surface area contributed by atoms with Crippen LogP contribution in [0.3, 0.4) is 0 Å². The number of nitrogens with one attached hydrogen (secondary N) is 2. The van der Waals surface area contributed by atoms with Crippen LogP contribution in [0.2, 0.25) is 0 Å². The average molecular weight is 706 g/mol. The second-order valence-electron chi connectivity index (χ2n) is 14.8. The Labute approximate surface area is 303 Å². The standard InChI is InChI=1S/C40H44FN7O4/c1-23-27(7-5-8-28(23)32-15-25-11-13-31(36(25)39(45-32)52-4)42-16-26-12-14-35(50)44-26)29-9-6-10-30(37(29)41)33-17-43-34(38(46-33)51-3)18-47-19-40(20-47)21-48(22-40)24(2)49/h5-10,15,17,26,31,42H,11-14,16,18-22H2,1-4H3,(H,44,50). The lowest BCUT2D eigenvalue weighted by Gasteiger charge is -2.60. The summed E-state index contributed by atoms with van der Waals surface area (Å²) < 4.78 is 28.0. The van der Waals surface area contributed by atoms with Gasteiger partial charge in [-0.3, -0.25) is 19.5 Å². The fraction of sp³-hybridized carbons (Fsp3) is 0.425. The monoisotopic (exact) mass is 705 g/mol. The van der Waals surface area contributed by atoms with Crippen molar-refractivity contribution in [2.24, 2.45) is 5.41 Å². The molecule has 4 aromatic rings. The molecule has 5 heterocycles. The summed E-state index contributed by atoms with van der Waals surface area (Å²) in [6, 6.07) is 13.6. The summed E-state index contributed by atoms with van der Waals surface area (Å²) in [6.45, 7) is 8.29. The van der Waals surface area contributed by atoms with E-state index >= 15 is 4.39 Å². The SMILES string of the molecule is COc1nc(-c2cccc(-c3cccc(-c4cc5c(c(OC)n4)C(NCC4CCC(=O)N4)CC5)c3C)c2F)cnc1CN1CC2(C1)CN(C(C)=O)C2. The van der Waals surface area contributed by atoms with Gasteiger partial charge < -0.3 is 25.0 Å². The normalized spacial score (nSPS) is 20.3. The number of fused-ring (bicyclic) bond motifs is 1. The lowest BCUT2D eigenvalue weighted by atomic mass is 9.73. The van der Waals surface area contributed by atoms with Gasteiger partial charge in [-0.2, -0.15) is 0 Å². The number of carbonyl (C=O) groups is 2. The van der Waals surface area contributed by atoms with Crippen LogP contribution in [0.4, 0.5) is 4.39 Å². The van der Waals surface area contributed by atoms with E-state index in [9.17, 15) is 9.59 Å². The molecule has 2 N–H and O–H groups in total. The molecular weight excluding hydrogens is 661 g/mol. The number of benzene rings is 2. The molecule has 2 aromatic carbocycles. The van der Waals surface area contributed by atoms with Gasteiger partial charge in [-0.05, 0) is 55.0 Å². The molecule has 1 spiro atoms. The number of nitrogens with zero attached hydrogens (tertiary/aromatic N) is 5. The van der Waals surface area contributed by atoms with Crippen LogP contribution in [-0.4, -0.2) is 89.6 Å². The maximum Gasteiger partial charge on any atom is 0.237 e. The van der Waals surface area contributed by atoms with Crippen LogP contribution in [0.1, 0.15) is 54.6 Å². The first-order valence-electron chi connectivity index (χ1n) is 18.0. The number of carbonyl (C=O) groups excluding carboxylic acids is 2. The van der Waals surface area contributed by atoms with E-state index in [1.54, 1.807) is 39.5 Å². The van der Waals surface area contributed by atoms with E-state index in [4.69, 9.17) is 19.4 Å². The fourth-order valence-electron chi connectivity index (χ4n) is 8.57. The van der Waals surface area contributed by atoms with Crippen LogP contribution in [-0.2, 0) is 22.6 Å². The van der Waals surface area contributed by atoms with Crippen molar-refractivity contribution in [3.8, 4) is 45.4 Å². The Kier molecular flexibility index (Phi) is 8.91. The first-order chi connectivity index (χ1) is 25.1. The quantitative estimate of drug-likeness (QED) is 0.239. The molecule has 3 saturated heterocycles. The molecule has 52 heavy (non-hydrogen) atoms. The molecule has 2 unspecified atom stereocenters. The lowest BCUT2D eigenvalue weighted by Crippen LogP contribution is -2.72. The summed E-state index contributed by atoms with van der Waals surface area (Å²) in [5.41, 5.74) is 7.69. The zero-order chi connectivity index (χ0) is 36.1. The summed E-state index contributed by atoms with van der Waals surface area (Å²) in [7, 11) is 3.20. The Morgan fingerprint density at radius 2 is 1.67 bits per heavy atom. The van der Waals surface area contributed by atoms with Crippen molar-refractivity contribution in [3.63, 3.8) is 0 Å². The van der Waals surface area contributed by atoms with Crippen molar-refractivity contribution >= 4 is 11.8 Å². The highest BCUT2D eigenvalue weighted by Gasteiger charge is 2.52. The minimum atomic E-state index is -0.386. The van der Waals surface area contributed by atoms with E-state index in [1.807, 2.05) is 36.1 Å². The zero-order valence-corrected chi connectivity index (χ0v) is 30.1. The Balaban J connectivity index is 1.02. The molecule has 1 aliphatic carbocycles. The molecule has 12 heteroatoms. The summed E-state index contributed by atoms with van der Waals surface area (Å²) in [5, 5.41) is 6.66. The number of hydrogen-bond acceptors (Lipinski definition) is 9. The summed E-state index contributed by atoms with van der Waals surface area (Å²) in [4.78, 5) is 41.8. The summed E-state index contributed by atoms with van der Waals surface area (Å²) in [6.07, 6.45) is 4.84. The number of ether oxygens (including phenoxy) is 2. The van der Waals surface area contributed by atoms with Crippen molar-refractivity contribution in [1.29, 1.82) is 0 Å². The number of halogens is 1. The smallest absolute Gasteiger partial charge is 0.237 e. The molecule has 270 valence electrons. The highest BCUT2D eigenvalue weighted by atomic mass is 19.1. The third-order valence-corrected chi connectivity index (χ3v) is 11.2. The van der Waals surface area contributed by atoms with E-state index in [2.05, 4.69) is 26.6 Å². The van der Waals surface area contributed by atoms with E-state index in [0.29, 0.717) is 53.8 Å². The average Bonchev–Trinajstić information content (AvgIpc) is 3.73. The van der Waals surface area contributed by atoms with Crippen LogP contribution in [0.5, 0.6) is 11.8 Å². The second-order valence-corrected chi connectivity index (χ2v) is 14.8. The van der Waals surface area contributed by atoms with Gasteiger partial charge in [0.05, 0.1) is 31.8 Å².